The molecule has 0 fully saturated rings. The number of ether oxygens (including phenoxy) is 1. The van der Waals surface area contributed by atoms with Crippen LogP contribution in [0.15, 0.2) is 40.9 Å². The smallest absolute Gasteiger partial charge is 0.163 e. The highest BCUT2D eigenvalue weighted by Gasteiger charge is 2.12. The number of halogens is 3. The molecule has 2 nitrogen and oxygen atoms in total. The molecule has 0 aliphatic rings. The third kappa shape index (κ3) is 3.50. The molecule has 0 N–H and O–H groups in total. The van der Waals surface area contributed by atoms with Crippen LogP contribution in [0.4, 0.5) is 0 Å². The Hall–Kier alpha value is -1.03. The first-order valence-electron chi connectivity index (χ1n) is 5.41. The van der Waals surface area contributed by atoms with Gasteiger partial charge in [-0.05, 0) is 43.3 Å². The summed E-state index contributed by atoms with van der Waals surface area (Å²) < 4.78 is 6.49. The number of hydrogen-bond acceptors (Lipinski definition) is 2. The number of benzene rings is 2. The Kier molecular flexibility index (Phi) is 4.50. The first-order chi connectivity index (χ1) is 8.97. The van der Waals surface area contributed by atoms with Crippen molar-refractivity contribution in [3.05, 3.63) is 56.5 Å². The van der Waals surface area contributed by atoms with Gasteiger partial charge in [0.1, 0.15) is 11.5 Å². The molecule has 2 aromatic rings. The van der Waals surface area contributed by atoms with Gasteiger partial charge in [-0.15, -0.1) is 0 Å². The minimum Gasteiger partial charge on any atom is -0.455 e. The van der Waals surface area contributed by atoms with Gasteiger partial charge in [0, 0.05) is 9.50 Å². The summed E-state index contributed by atoms with van der Waals surface area (Å²) in [6.45, 7) is 1.48. The molecule has 19 heavy (non-hydrogen) atoms. The van der Waals surface area contributed by atoms with E-state index in [1.807, 2.05) is 0 Å². The number of carbonyl (C=O) groups excluding carboxylic acids is 1. The van der Waals surface area contributed by atoms with Gasteiger partial charge in [-0.2, -0.15) is 0 Å². The Labute approximate surface area is 129 Å². The van der Waals surface area contributed by atoms with Crippen LogP contribution in [0.3, 0.4) is 0 Å². The molecule has 0 aliphatic heterocycles. The van der Waals surface area contributed by atoms with Crippen molar-refractivity contribution in [3.8, 4) is 11.5 Å². The molecule has 0 saturated carbocycles. The van der Waals surface area contributed by atoms with Crippen LogP contribution in [0.25, 0.3) is 0 Å². The van der Waals surface area contributed by atoms with Crippen molar-refractivity contribution >= 4 is 44.9 Å². The Morgan fingerprint density at radius 1 is 1.11 bits per heavy atom. The van der Waals surface area contributed by atoms with Crippen LogP contribution in [0.2, 0.25) is 10.0 Å². The highest BCUT2D eigenvalue weighted by Crippen LogP contribution is 2.34. The lowest BCUT2D eigenvalue weighted by atomic mass is 10.1. The number of Topliss-reactive ketones (excluding diaryl/α,β-unsaturated/α-hetero) is 1. The van der Waals surface area contributed by atoms with E-state index in [1.165, 1.54) is 6.92 Å². The number of carbonyl (C=O) groups is 1. The zero-order valence-corrected chi connectivity index (χ0v) is 13.0. The van der Waals surface area contributed by atoms with Gasteiger partial charge in [0.2, 0.25) is 0 Å². The minimum atomic E-state index is -0.0821. The van der Waals surface area contributed by atoms with Gasteiger partial charge in [0.25, 0.3) is 0 Å². The third-order valence-electron chi connectivity index (χ3n) is 2.43. The van der Waals surface area contributed by atoms with Crippen molar-refractivity contribution in [2.45, 2.75) is 6.92 Å². The molecule has 0 bridgehead atoms. The van der Waals surface area contributed by atoms with Crippen molar-refractivity contribution < 1.29 is 9.53 Å². The lowest BCUT2D eigenvalue weighted by molar-refractivity contribution is 0.101. The molecule has 5 heteroatoms. The lowest BCUT2D eigenvalue weighted by Gasteiger charge is -2.11. The molecule has 2 aromatic carbocycles. The van der Waals surface area contributed by atoms with Crippen molar-refractivity contribution in [2.24, 2.45) is 0 Å². The van der Waals surface area contributed by atoms with E-state index >= 15 is 0 Å². The molecule has 0 aliphatic carbocycles. The SMILES string of the molecule is CC(=O)c1cc(Br)ccc1Oc1ccc(Cl)cc1Cl. The topological polar surface area (TPSA) is 26.3 Å². The molecule has 0 aromatic heterocycles. The third-order valence-corrected chi connectivity index (χ3v) is 3.46. The van der Waals surface area contributed by atoms with Gasteiger partial charge in [0.15, 0.2) is 5.78 Å². The molecule has 0 heterocycles. The lowest BCUT2D eigenvalue weighted by Crippen LogP contribution is -1.97. The molecule has 98 valence electrons. The number of hydrogen-bond donors (Lipinski definition) is 0. The quantitative estimate of drug-likeness (QED) is 0.652. The fraction of sp³-hybridized carbons (Fsp3) is 0.0714. The average molecular weight is 360 g/mol. The van der Waals surface area contributed by atoms with E-state index in [0.717, 1.165) is 4.47 Å². The molecule has 0 atom stereocenters. The number of rotatable bonds is 3. The Morgan fingerprint density at radius 2 is 1.79 bits per heavy atom. The van der Waals surface area contributed by atoms with Crippen LogP contribution in [-0.2, 0) is 0 Å². The highest BCUT2D eigenvalue weighted by molar-refractivity contribution is 9.10. The maximum Gasteiger partial charge on any atom is 0.163 e. The van der Waals surface area contributed by atoms with Gasteiger partial charge in [-0.3, -0.25) is 4.79 Å². The molecular weight excluding hydrogens is 351 g/mol. The van der Waals surface area contributed by atoms with Crippen LogP contribution in [-0.4, -0.2) is 5.78 Å². The van der Waals surface area contributed by atoms with E-state index in [-0.39, 0.29) is 5.78 Å². The van der Waals surface area contributed by atoms with Crippen LogP contribution in [0.1, 0.15) is 17.3 Å². The summed E-state index contributed by atoms with van der Waals surface area (Å²) >= 11 is 15.2. The van der Waals surface area contributed by atoms with Crippen LogP contribution in [0.5, 0.6) is 11.5 Å². The average Bonchev–Trinajstić information content (AvgIpc) is 2.34. The second-order valence-corrected chi connectivity index (χ2v) is 5.63. The number of ketones is 1. The molecule has 2 rings (SSSR count). The summed E-state index contributed by atoms with van der Waals surface area (Å²) in [6, 6.07) is 10.1. The predicted molar refractivity (Wildman–Crippen MR) is 80.7 cm³/mol. The first kappa shape index (κ1) is 14.4. The molecular formula is C14H9BrCl2O2. The molecule has 0 saturated heterocycles. The van der Waals surface area contributed by atoms with Gasteiger partial charge < -0.3 is 4.74 Å². The summed E-state index contributed by atoms with van der Waals surface area (Å²) in [6.07, 6.45) is 0. The molecule has 0 radical (unpaired) electrons. The normalized spacial score (nSPS) is 10.3. The van der Waals surface area contributed by atoms with Gasteiger partial charge >= 0.3 is 0 Å². The van der Waals surface area contributed by atoms with E-state index in [0.29, 0.717) is 27.1 Å². The Balaban J connectivity index is 2.40. The van der Waals surface area contributed by atoms with E-state index in [9.17, 15) is 4.79 Å². The maximum absolute atomic E-state index is 11.6. The summed E-state index contributed by atoms with van der Waals surface area (Å²) in [4.78, 5) is 11.6. The first-order valence-corrected chi connectivity index (χ1v) is 6.95. The summed E-state index contributed by atoms with van der Waals surface area (Å²) in [7, 11) is 0. The van der Waals surface area contributed by atoms with Crippen molar-refractivity contribution in [3.63, 3.8) is 0 Å². The monoisotopic (exact) mass is 358 g/mol. The minimum absolute atomic E-state index is 0.0821. The fourth-order valence-electron chi connectivity index (χ4n) is 1.54. The highest BCUT2D eigenvalue weighted by atomic mass is 79.9. The van der Waals surface area contributed by atoms with Crippen LogP contribution >= 0.6 is 39.1 Å². The van der Waals surface area contributed by atoms with Crippen LogP contribution < -0.4 is 4.74 Å². The predicted octanol–water partition coefficient (Wildman–Crippen LogP) is 5.75. The second-order valence-electron chi connectivity index (χ2n) is 3.87. The summed E-state index contributed by atoms with van der Waals surface area (Å²) in [5.74, 6) is 0.831. The van der Waals surface area contributed by atoms with Crippen molar-refractivity contribution in [1.82, 2.24) is 0 Å². The molecule has 0 spiro atoms. The standard InChI is InChI=1S/C14H9BrCl2O2/c1-8(18)11-6-9(15)2-4-13(11)19-14-5-3-10(16)7-12(14)17/h2-7H,1H3. The van der Waals surface area contributed by atoms with E-state index < -0.39 is 0 Å². The van der Waals surface area contributed by atoms with Crippen LogP contribution in [0, 0.1) is 0 Å². The van der Waals surface area contributed by atoms with Crippen molar-refractivity contribution in [2.75, 3.05) is 0 Å². The van der Waals surface area contributed by atoms with E-state index in [4.69, 9.17) is 27.9 Å². The Bertz CT molecular complexity index is 641. The molecule has 0 amide bonds. The second kappa shape index (κ2) is 5.95. The zero-order chi connectivity index (χ0) is 14.0. The maximum atomic E-state index is 11.6. The Morgan fingerprint density at radius 3 is 2.42 bits per heavy atom. The largest absolute Gasteiger partial charge is 0.455 e. The summed E-state index contributed by atoms with van der Waals surface area (Å²) in [5, 5.41) is 0.921. The fourth-order valence-corrected chi connectivity index (χ4v) is 2.35. The zero-order valence-electron chi connectivity index (χ0n) is 9.91. The van der Waals surface area contributed by atoms with Gasteiger partial charge in [-0.1, -0.05) is 39.1 Å². The van der Waals surface area contributed by atoms with E-state index in [2.05, 4.69) is 15.9 Å². The van der Waals surface area contributed by atoms with E-state index in [1.54, 1.807) is 36.4 Å². The van der Waals surface area contributed by atoms with Gasteiger partial charge in [0.05, 0.1) is 10.6 Å². The summed E-state index contributed by atoms with van der Waals surface area (Å²) in [5.41, 5.74) is 0.486. The van der Waals surface area contributed by atoms with Gasteiger partial charge in [-0.25, -0.2) is 0 Å². The van der Waals surface area contributed by atoms with Crippen molar-refractivity contribution in [1.29, 1.82) is 0 Å². The molecule has 0 unspecified atom stereocenters.